The van der Waals surface area contributed by atoms with Crippen molar-refractivity contribution in [3.8, 4) is 11.8 Å². The molecule has 6 heteroatoms. The van der Waals surface area contributed by atoms with E-state index in [1.54, 1.807) is 13.8 Å². The lowest BCUT2D eigenvalue weighted by molar-refractivity contribution is -0.139. The molecule has 0 N–H and O–H groups in total. The van der Waals surface area contributed by atoms with E-state index in [0.717, 1.165) is 6.07 Å². The fraction of sp³-hybridized carbons (Fsp3) is 0.500. The van der Waals surface area contributed by atoms with E-state index in [1.165, 1.54) is 12.1 Å². The maximum Gasteiger partial charge on any atom is 0.419 e. The highest BCUT2D eigenvalue weighted by Gasteiger charge is 2.34. The number of benzene rings is 1. The van der Waals surface area contributed by atoms with Crippen LogP contribution < -0.4 is 4.74 Å². The van der Waals surface area contributed by atoms with Gasteiger partial charge in [-0.2, -0.15) is 18.4 Å². The number of nitrogens with zero attached hydrogens (tertiary/aromatic N) is 1. The molecule has 0 heterocycles. The quantitative estimate of drug-likeness (QED) is 0.735. The lowest BCUT2D eigenvalue weighted by atomic mass is 9.92. The third kappa shape index (κ3) is 4.61. The number of halogens is 4. The number of ether oxygens (including phenoxy) is 1. The van der Waals surface area contributed by atoms with Crippen molar-refractivity contribution in [3.05, 3.63) is 29.3 Å². The molecule has 0 aliphatic carbocycles. The number of hydrogen-bond donors (Lipinski definition) is 0. The summed E-state index contributed by atoms with van der Waals surface area (Å²) >= 11 is 5.54. The summed E-state index contributed by atoms with van der Waals surface area (Å²) in [6, 6.07) is 5.81. The van der Waals surface area contributed by atoms with Crippen molar-refractivity contribution in [1.29, 1.82) is 5.26 Å². The smallest absolute Gasteiger partial charge is 0.419 e. The van der Waals surface area contributed by atoms with Crippen LogP contribution in [0.15, 0.2) is 18.2 Å². The van der Waals surface area contributed by atoms with Crippen LogP contribution in [0, 0.1) is 16.7 Å². The van der Waals surface area contributed by atoms with Gasteiger partial charge in [0.2, 0.25) is 0 Å². The summed E-state index contributed by atoms with van der Waals surface area (Å²) in [7, 11) is 0. The maximum absolute atomic E-state index is 12.9. The van der Waals surface area contributed by atoms with Crippen LogP contribution in [0.4, 0.5) is 13.2 Å². The van der Waals surface area contributed by atoms with Gasteiger partial charge in [0.05, 0.1) is 23.7 Å². The van der Waals surface area contributed by atoms with Crippen molar-refractivity contribution < 1.29 is 17.9 Å². The van der Waals surface area contributed by atoms with Crippen LogP contribution in [-0.4, -0.2) is 6.61 Å². The maximum atomic E-state index is 12.9. The molecule has 1 aromatic rings. The Labute approximate surface area is 121 Å². The molecule has 0 aliphatic heterocycles. The first-order valence-electron chi connectivity index (χ1n) is 6.00. The van der Waals surface area contributed by atoms with Crippen molar-refractivity contribution in [2.75, 3.05) is 6.61 Å². The molecular formula is C14H15ClF3NO. The summed E-state index contributed by atoms with van der Waals surface area (Å²) in [6.07, 6.45) is -4.15. The second-order valence-electron chi connectivity index (χ2n) is 5.06. The molecule has 0 bridgehead atoms. The second kappa shape index (κ2) is 6.36. The van der Waals surface area contributed by atoms with Gasteiger partial charge in [0.1, 0.15) is 5.75 Å². The molecule has 0 spiro atoms. The van der Waals surface area contributed by atoms with Crippen LogP contribution in [0.3, 0.4) is 0 Å². The first-order chi connectivity index (χ1) is 9.19. The van der Waals surface area contributed by atoms with Crippen molar-refractivity contribution >= 4 is 11.6 Å². The topological polar surface area (TPSA) is 33.0 Å². The first-order valence-corrected chi connectivity index (χ1v) is 6.53. The lowest BCUT2D eigenvalue weighted by Crippen LogP contribution is -2.15. The molecule has 0 atom stereocenters. The van der Waals surface area contributed by atoms with Crippen LogP contribution >= 0.6 is 11.6 Å². The summed E-state index contributed by atoms with van der Waals surface area (Å²) in [5, 5.41) is 8.84. The molecule has 1 rings (SSSR count). The predicted molar refractivity (Wildman–Crippen MR) is 70.5 cm³/mol. The zero-order valence-corrected chi connectivity index (χ0v) is 12.0. The molecule has 0 aromatic heterocycles. The summed E-state index contributed by atoms with van der Waals surface area (Å²) in [5.41, 5.74) is -1.09. The highest BCUT2D eigenvalue weighted by molar-refractivity contribution is 6.17. The van der Waals surface area contributed by atoms with E-state index in [-0.39, 0.29) is 18.2 Å². The molecular weight excluding hydrogens is 291 g/mol. The van der Waals surface area contributed by atoms with Gasteiger partial charge >= 0.3 is 6.18 Å². The fourth-order valence-corrected chi connectivity index (χ4v) is 1.65. The standard InChI is InChI=1S/C14H15ClF3NO/c1-13(2,9-19)5-6-20-12-4-3-10(8-15)7-11(12)14(16,17)18/h3-4,7H,5-6,8H2,1-2H3. The molecule has 0 amide bonds. The van der Waals surface area contributed by atoms with Gasteiger partial charge in [0, 0.05) is 5.88 Å². The lowest BCUT2D eigenvalue weighted by Gasteiger charge is -2.18. The van der Waals surface area contributed by atoms with E-state index in [9.17, 15) is 13.2 Å². The van der Waals surface area contributed by atoms with Gasteiger partial charge in [0.15, 0.2) is 0 Å². The molecule has 0 saturated heterocycles. The molecule has 0 saturated carbocycles. The Morgan fingerprint density at radius 3 is 2.45 bits per heavy atom. The Kier molecular flexibility index (Phi) is 5.29. The molecule has 20 heavy (non-hydrogen) atoms. The van der Waals surface area contributed by atoms with Crippen molar-refractivity contribution in [2.24, 2.45) is 5.41 Å². The monoisotopic (exact) mass is 305 g/mol. The van der Waals surface area contributed by atoms with Crippen LogP contribution in [-0.2, 0) is 12.1 Å². The zero-order chi connectivity index (χ0) is 15.4. The van der Waals surface area contributed by atoms with Gasteiger partial charge in [0.25, 0.3) is 0 Å². The van der Waals surface area contributed by atoms with Crippen molar-refractivity contribution in [1.82, 2.24) is 0 Å². The summed E-state index contributed by atoms with van der Waals surface area (Å²) in [6.45, 7) is 3.46. The Balaban J connectivity index is 2.88. The Bertz CT molecular complexity index is 506. The predicted octanol–water partition coefficient (Wildman–Crippen LogP) is 4.76. The average Bonchev–Trinajstić information content (AvgIpc) is 2.37. The van der Waals surface area contributed by atoms with E-state index in [4.69, 9.17) is 21.6 Å². The summed E-state index contributed by atoms with van der Waals surface area (Å²) in [4.78, 5) is 0. The summed E-state index contributed by atoms with van der Waals surface area (Å²) < 4.78 is 43.9. The van der Waals surface area contributed by atoms with Crippen molar-refractivity contribution in [3.63, 3.8) is 0 Å². The molecule has 2 nitrogen and oxygen atoms in total. The van der Waals surface area contributed by atoms with Crippen LogP contribution in [0.5, 0.6) is 5.75 Å². The second-order valence-corrected chi connectivity index (χ2v) is 5.32. The van der Waals surface area contributed by atoms with E-state index in [0.29, 0.717) is 12.0 Å². The molecule has 0 aliphatic rings. The van der Waals surface area contributed by atoms with Gasteiger partial charge < -0.3 is 4.74 Å². The van der Waals surface area contributed by atoms with Crippen LogP contribution in [0.25, 0.3) is 0 Å². The fourth-order valence-electron chi connectivity index (χ4n) is 1.48. The van der Waals surface area contributed by atoms with Gasteiger partial charge in [-0.05, 0) is 38.0 Å². The van der Waals surface area contributed by atoms with Crippen LogP contribution in [0.1, 0.15) is 31.4 Å². The van der Waals surface area contributed by atoms with Gasteiger partial charge in [-0.3, -0.25) is 0 Å². The molecule has 110 valence electrons. The number of hydrogen-bond acceptors (Lipinski definition) is 2. The molecule has 0 radical (unpaired) electrons. The first kappa shape index (κ1) is 16.6. The zero-order valence-electron chi connectivity index (χ0n) is 11.2. The average molecular weight is 306 g/mol. The summed E-state index contributed by atoms with van der Waals surface area (Å²) in [5.74, 6) is -0.231. The Morgan fingerprint density at radius 2 is 1.95 bits per heavy atom. The van der Waals surface area contributed by atoms with Gasteiger partial charge in [-0.15, -0.1) is 11.6 Å². The number of nitriles is 1. The van der Waals surface area contributed by atoms with Crippen LogP contribution in [0.2, 0.25) is 0 Å². The number of rotatable bonds is 5. The normalized spacial score (nSPS) is 12.1. The van der Waals surface area contributed by atoms with Crippen molar-refractivity contribution in [2.45, 2.75) is 32.3 Å². The van der Waals surface area contributed by atoms with E-state index < -0.39 is 17.2 Å². The minimum Gasteiger partial charge on any atom is -0.493 e. The SMILES string of the molecule is CC(C)(C#N)CCOc1ccc(CCl)cc1C(F)(F)F. The Morgan fingerprint density at radius 1 is 1.30 bits per heavy atom. The highest BCUT2D eigenvalue weighted by Crippen LogP contribution is 2.37. The third-order valence-corrected chi connectivity index (χ3v) is 3.10. The number of alkyl halides is 4. The largest absolute Gasteiger partial charge is 0.493 e. The van der Waals surface area contributed by atoms with E-state index in [1.807, 2.05) is 0 Å². The molecule has 0 fully saturated rings. The van der Waals surface area contributed by atoms with E-state index >= 15 is 0 Å². The minimum atomic E-state index is -4.50. The van der Waals surface area contributed by atoms with Gasteiger partial charge in [-0.1, -0.05) is 6.07 Å². The highest BCUT2D eigenvalue weighted by atomic mass is 35.5. The molecule has 1 aromatic carbocycles. The third-order valence-electron chi connectivity index (χ3n) is 2.79. The minimum absolute atomic E-state index is 0.00479. The van der Waals surface area contributed by atoms with Gasteiger partial charge in [-0.25, -0.2) is 0 Å². The molecule has 0 unspecified atom stereocenters. The Hall–Kier alpha value is -1.41. The van der Waals surface area contributed by atoms with E-state index in [2.05, 4.69) is 6.07 Å².